The van der Waals surface area contributed by atoms with Gasteiger partial charge in [-0.15, -0.1) is 0 Å². The van der Waals surface area contributed by atoms with Crippen LogP contribution < -0.4 is 0 Å². The summed E-state index contributed by atoms with van der Waals surface area (Å²) in [6.07, 6.45) is -0.0754. The second kappa shape index (κ2) is 21.8. The van der Waals surface area contributed by atoms with Gasteiger partial charge in [-0.05, 0) is 0 Å². The Morgan fingerprint density at radius 1 is 0.520 bits per heavy atom. The molecule has 25 heavy (non-hydrogen) atoms. The van der Waals surface area contributed by atoms with Gasteiger partial charge in [-0.1, -0.05) is 116 Å². The molecule has 2 nitrogen and oxygen atoms in total. The summed E-state index contributed by atoms with van der Waals surface area (Å²) >= 11 is 0. The third-order valence-corrected chi connectivity index (χ3v) is 2.51. The Hall–Kier alpha value is -2.22. The standard InChI is InChI=1S/C15H12O2.4C2H6/c16-14(12-7-3-1-4-8-12)11-15(17)13-9-5-2-6-10-13;4*1-2/h1-10H,11H2;4*1-2H3. The first-order valence-electron chi connectivity index (χ1n) is 9.44. The predicted molar refractivity (Wildman–Crippen MR) is 112 cm³/mol. The molecule has 0 aliphatic rings. The maximum atomic E-state index is 11.8. The van der Waals surface area contributed by atoms with Gasteiger partial charge in [0.2, 0.25) is 0 Å². The normalized spacial score (nSPS) is 7.68. The topological polar surface area (TPSA) is 34.1 Å². The summed E-state index contributed by atoms with van der Waals surface area (Å²) in [5, 5.41) is 0. The van der Waals surface area contributed by atoms with Crippen molar-refractivity contribution in [2.75, 3.05) is 0 Å². The number of hydrogen-bond acceptors (Lipinski definition) is 2. The molecule has 2 aromatic carbocycles. The van der Waals surface area contributed by atoms with E-state index in [1.807, 2.05) is 67.5 Å². The molecule has 2 heteroatoms. The van der Waals surface area contributed by atoms with E-state index in [-0.39, 0.29) is 18.0 Å². The maximum Gasteiger partial charge on any atom is 0.170 e. The zero-order valence-corrected chi connectivity index (χ0v) is 17.3. The Labute approximate surface area is 155 Å². The smallest absolute Gasteiger partial charge is 0.170 e. The van der Waals surface area contributed by atoms with Crippen molar-refractivity contribution in [3.05, 3.63) is 71.8 Å². The Balaban J connectivity index is -0.000000533. The van der Waals surface area contributed by atoms with Crippen molar-refractivity contribution in [1.29, 1.82) is 0 Å². The lowest BCUT2D eigenvalue weighted by Gasteiger charge is -2.00. The van der Waals surface area contributed by atoms with Crippen molar-refractivity contribution < 1.29 is 9.59 Å². The first-order chi connectivity index (χ1) is 12.3. The van der Waals surface area contributed by atoms with Crippen molar-refractivity contribution in [2.24, 2.45) is 0 Å². The Kier molecular flexibility index (Phi) is 24.1. The highest BCUT2D eigenvalue weighted by atomic mass is 16.1. The molecule has 2 rings (SSSR count). The van der Waals surface area contributed by atoms with Crippen LogP contribution in [0, 0.1) is 0 Å². The van der Waals surface area contributed by atoms with Crippen LogP contribution in [-0.4, -0.2) is 11.6 Å². The Morgan fingerprint density at radius 2 is 0.760 bits per heavy atom. The molecule has 0 spiro atoms. The lowest BCUT2D eigenvalue weighted by molar-refractivity contribution is 0.0894. The van der Waals surface area contributed by atoms with Gasteiger partial charge in [0.25, 0.3) is 0 Å². The van der Waals surface area contributed by atoms with Crippen LogP contribution in [0.5, 0.6) is 0 Å². The summed E-state index contributed by atoms with van der Waals surface area (Å²) in [5.41, 5.74) is 1.16. The SMILES string of the molecule is CC.CC.CC.CC.O=C(CC(=O)c1ccccc1)c1ccccc1. The first-order valence-corrected chi connectivity index (χ1v) is 9.44. The quantitative estimate of drug-likeness (QED) is 0.432. The Bertz CT molecular complexity index is 467. The number of Topliss-reactive ketones (excluding diaryl/α,β-unsaturated/α-hetero) is 2. The molecule has 0 fully saturated rings. The van der Waals surface area contributed by atoms with Gasteiger partial charge in [0.05, 0.1) is 6.42 Å². The molecule has 0 unspecified atom stereocenters. The van der Waals surface area contributed by atoms with Gasteiger partial charge in [-0.3, -0.25) is 9.59 Å². The first kappa shape index (κ1) is 27.6. The minimum Gasteiger partial charge on any atom is -0.294 e. The molecule has 2 aromatic rings. The van der Waals surface area contributed by atoms with E-state index in [0.29, 0.717) is 11.1 Å². The molecular weight excluding hydrogens is 308 g/mol. The number of rotatable bonds is 4. The van der Waals surface area contributed by atoms with Crippen molar-refractivity contribution >= 4 is 11.6 Å². The van der Waals surface area contributed by atoms with Gasteiger partial charge >= 0.3 is 0 Å². The molecule has 0 saturated carbocycles. The maximum absolute atomic E-state index is 11.8. The van der Waals surface area contributed by atoms with Crippen molar-refractivity contribution in [3.63, 3.8) is 0 Å². The average Bonchev–Trinajstić information content (AvgIpc) is 2.75. The highest BCUT2D eigenvalue weighted by Gasteiger charge is 2.12. The summed E-state index contributed by atoms with van der Waals surface area (Å²) < 4.78 is 0. The number of carbonyl (C=O) groups excluding carboxylic acids is 2. The molecule has 0 aromatic heterocycles. The second-order valence-corrected chi connectivity index (χ2v) is 3.76. The van der Waals surface area contributed by atoms with Crippen molar-refractivity contribution in [2.45, 2.75) is 61.8 Å². The van der Waals surface area contributed by atoms with Crippen molar-refractivity contribution in [1.82, 2.24) is 0 Å². The lowest BCUT2D eigenvalue weighted by Crippen LogP contribution is -2.08. The van der Waals surface area contributed by atoms with Crippen LogP contribution in [0.2, 0.25) is 0 Å². The third kappa shape index (κ3) is 12.8. The minimum absolute atomic E-state index is 0.0754. The molecule has 0 atom stereocenters. The molecule has 0 aliphatic carbocycles. The number of hydrogen-bond donors (Lipinski definition) is 0. The number of benzene rings is 2. The van der Waals surface area contributed by atoms with E-state index in [2.05, 4.69) is 0 Å². The molecule has 0 amide bonds. The van der Waals surface area contributed by atoms with Gasteiger partial charge in [0.1, 0.15) is 0 Å². The fourth-order valence-corrected chi connectivity index (χ4v) is 1.60. The summed E-state index contributed by atoms with van der Waals surface area (Å²) in [7, 11) is 0. The van der Waals surface area contributed by atoms with Crippen LogP contribution in [0.25, 0.3) is 0 Å². The summed E-state index contributed by atoms with van der Waals surface area (Å²) in [6.45, 7) is 16.0. The van der Waals surface area contributed by atoms with E-state index in [0.717, 1.165) is 0 Å². The minimum atomic E-state index is -0.139. The summed E-state index contributed by atoms with van der Waals surface area (Å²) in [4.78, 5) is 23.6. The van der Waals surface area contributed by atoms with Crippen LogP contribution in [0.4, 0.5) is 0 Å². The third-order valence-electron chi connectivity index (χ3n) is 2.51. The van der Waals surface area contributed by atoms with E-state index < -0.39 is 0 Å². The molecular formula is C23H36O2. The van der Waals surface area contributed by atoms with Crippen LogP contribution >= 0.6 is 0 Å². The molecule has 0 radical (unpaired) electrons. The van der Waals surface area contributed by atoms with Crippen LogP contribution in [0.15, 0.2) is 60.7 Å². The molecule has 0 N–H and O–H groups in total. The van der Waals surface area contributed by atoms with E-state index >= 15 is 0 Å². The fraction of sp³-hybridized carbons (Fsp3) is 0.391. The van der Waals surface area contributed by atoms with E-state index in [1.165, 1.54) is 0 Å². The predicted octanol–water partition coefficient (Wildman–Crippen LogP) is 7.25. The molecule has 140 valence electrons. The molecule has 0 aliphatic heterocycles. The summed E-state index contributed by atoms with van der Waals surface area (Å²) in [5.74, 6) is -0.279. The largest absolute Gasteiger partial charge is 0.294 e. The van der Waals surface area contributed by atoms with Gasteiger partial charge in [-0.2, -0.15) is 0 Å². The van der Waals surface area contributed by atoms with Gasteiger partial charge in [-0.25, -0.2) is 0 Å². The van der Waals surface area contributed by atoms with Crippen LogP contribution in [0.1, 0.15) is 82.5 Å². The van der Waals surface area contributed by atoms with Gasteiger partial charge in [0.15, 0.2) is 11.6 Å². The van der Waals surface area contributed by atoms with Crippen LogP contribution in [0.3, 0.4) is 0 Å². The van der Waals surface area contributed by atoms with E-state index in [9.17, 15) is 9.59 Å². The molecule has 0 bridgehead atoms. The number of ketones is 2. The Morgan fingerprint density at radius 3 is 1.00 bits per heavy atom. The van der Waals surface area contributed by atoms with E-state index in [4.69, 9.17) is 0 Å². The fourth-order valence-electron chi connectivity index (χ4n) is 1.60. The second-order valence-electron chi connectivity index (χ2n) is 3.76. The van der Waals surface area contributed by atoms with Gasteiger partial charge in [0, 0.05) is 11.1 Å². The van der Waals surface area contributed by atoms with E-state index in [1.54, 1.807) is 48.5 Å². The molecule has 0 saturated heterocycles. The van der Waals surface area contributed by atoms with Crippen molar-refractivity contribution in [3.8, 4) is 0 Å². The zero-order chi connectivity index (χ0) is 20.1. The van der Waals surface area contributed by atoms with Crippen LogP contribution in [-0.2, 0) is 0 Å². The summed E-state index contributed by atoms with van der Waals surface area (Å²) in [6, 6.07) is 17.7. The highest BCUT2D eigenvalue weighted by Crippen LogP contribution is 2.08. The monoisotopic (exact) mass is 344 g/mol. The molecule has 0 heterocycles. The lowest BCUT2D eigenvalue weighted by atomic mass is 10.0. The zero-order valence-electron chi connectivity index (χ0n) is 17.3. The van der Waals surface area contributed by atoms with Gasteiger partial charge < -0.3 is 0 Å². The highest BCUT2D eigenvalue weighted by molar-refractivity contribution is 6.13. The average molecular weight is 345 g/mol. The number of carbonyl (C=O) groups is 2.